The Morgan fingerprint density at radius 1 is 1.00 bits per heavy atom. The van der Waals surface area contributed by atoms with E-state index >= 15 is 0 Å². The van der Waals surface area contributed by atoms with Crippen molar-refractivity contribution in [2.24, 2.45) is 0 Å². The van der Waals surface area contributed by atoms with Gasteiger partial charge in [0.25, 0.3) is 0 Å². The molecule has 0 aliphatic rings. The second-order valence-electron chi connectivity index (χ2n) is 6.23. The number of anilines is 3. The predicted octanol–water partition coefficient (Wildman–Crippen LogP) is 4.51. The molecule has 0 unspecified atom stereocenters. The van der Waals surface area contributed by atoms with Gasteiger partial charge in [-0.1, -0.05) is 55.5 Å². The molecule has 2 aromatic carbocycles. The first kappa shape index (κ1) is 17.9. The molecule has 0 atom stereocenters. The normalized spacial score (nSPS) is 10.6. The first-order chi connectivity index (χ1) is 12.7. The number of aryl methyl sites for hydroxylation is 2. The maximum Gasteiger partial charge on any atom is 0.249 e. The van der Waals surface area contributed by atoms with Gasteiger partial charge < -0.3 is 10.2 Å². The second kappa shape index (κ2) is 8.43. The summed E-state index contributed by atoms with van der Waals surface area (Å²) in [5, 5.41) is 11.7. The van der Waals surface area contributed by atoms with Gasteiger partial charge in [0.15, 0.2) is 5.82 Å². The lowest BCUT2D eigenvalue weighted by molar-refractivity contribution is 0.798. The number of rotatable bonds is 7. The lowest BCUT2D eigenvalue weighted by Crippen LogP contribution is -2.23. The van der Waals surface area contributed by atoms with Crippen molar-refractivity contribution in [3.8, 4) is 0 Å². The van der Waals surface area contributed by atoms with Gasteiger partial charge in [0, 0.05) is 18.8 Å². The van der Waals surface area contributed by atoms with Crippen LogP contribution in [0.25, 0.3) is 0 Å². The summed E-state index contributed by atoms with van der Waals surface area (Å²) in [7, 11) is 0. The fourth-order valence-corrected chi connectivity index (χ4v) is 2.97. The van der Waals surface area contributed by atoms with Crippen LogP contribution in [0.4, 0.5) is 17.5 Å². The van der Waals surface area contributed by atoms with Gasteiger partial charge in [0.05, 0.1) is 6.20 Å². The highest BCUT2D eigenvalue weighted by Gasteiger charge is 2.11. The molecule has 26 heavy (non-hydrogen) atoms. The quantitative estimate of drug-likeness (QED) is 0.681. The lowest BCUT2D eigenvalue weighted by atomic mass is 10.1. The molecule has 0 saturated heterocycles. The minimum atomic E-state index is 0.526. The van der Waals surface area contributed by atoms with E-state index in [0.717, 1.165) is 31.0 Å². The number of nitrogens with zero attached hydrogens (tertiary/aromatic N) is 4. The first-order valence-electron chi connectivity index (χ1n) is 9.05. The fraction of sp³-hybridized carbons (Fsp3) is 0.286. The Morgan fingerprint density at radius 3 is 2.54 bits per heavy atom. The number of hydrogen-bond donors (Lipinski definition) is 1. The van der Waals surface area contributed by atoms with Crippen LogP contribution in [-0.4, -0.2) is 21.7 Å². The van der Waals surface area contributed by atoms with Gasteiger partial charge in [-0.2, -0.15) is 10.1 Å². The summed E-state index contributed by atoms with van der Waals surface area (Å²) in [6, 6.07) is 16.7. The SMILES string of the molecule is CCc1cccc(C)c1Nc1nncc(N(CC)Cc2ccccc2)n1. The third kappa shape index (κ3) is 4.17. The molecule has 0 fully saturated rings. The number of benzene rings is 2. The Bertz CT molecular complexity index is 848. The van der Waals surface area contributed by atoms with Crippen LogP contribution in [0.15, 0.2) is 54.7 Å². The summed E-state index contributed by atoms with van der Waals surface area (Å²) in [6.07, 6.45) is 2.67. The Labute approximate surface area is 155 Å². The topological polar surface area (TPSA) is 53.9 Å². The number of aromatic nitrogens is 3. The minimum absolute atomic E-state index is 0.526. The largest absolute Gasteiger partial charge is 0.351 e. The molecular formula is C21H25N5. The van der Waals surface area contributed by atoms with E-state index < -0.39 is 0 Å². The van der Waals surface area contributed by atoms with Crippen molar-refractivity contribution >= 4 is 17.5 Å². The van der Waals surface area contributed by atoms with Crippen LogP contribution in [-0.2, 0) is 13.0 Å². The number of para-hydroxylation sites is 1. The Balaban J connectivity index is 1.84. The molecule has 134 valence electrons. The molecule has 1 N–H and O–H groups in total. The summed E-state index contributed by atoms with van der Waals surface area (Å²) in [5.41, 5.74) is 4.74. The maximum absolute atomic E-state index is 4.69. The van der Waals surface area contributed by atoms with Crippen LogP contribution in [0.3, 0.4) is 0 Å². The molecule has 1 aromatic heterocycles. The van der Waals surface area contributed by atoms with Gasteiger partial charge in [-0.15, -0.1) is 5.10 Å². The van der Waals surface area contributed by atoms with Gasteiger partial charge in [0.2, 0.25) is 5.95 Å². The molecular weight excluding hydrogens is 322 g/mol. The molecule has 0 bridgehead atoms. The molecule has 0 amide bonds. The van der Waals surface area contributed by atoms with Gasteiger partial charge in [-0.25, -0.2) is 0 Å². The standard InChI is InChI=1S/C21H25N5/c1-4-18-13-9-10-16(3)20(18)24-21-23-19(14-22-25-21)26(5-2)15-17-11-7-6-8-12-17/h6-14H,4-5,15H2,1-3H3,(H,23,24,25). The zero-order chi connectivity index (χ0) is 18.4. The smallest absolute Gasteiger partial charge is 0.249 e. The van der Waals surface area contributed by atoms with E-state index in [-0.39, 0.29) is 0 Å². The molecule has 0 spiro atoms. The zero-order valence-corrected chi connectivity index (χ0v) is 15.6. The van der Waals surface area contributed by atoms with Crippen molar-refractivity contribution in [1.29, 1.82) is 0 Å². The predicted molar refractivity (Wildman–Crippen MR) is 107 cm³/mol. The van der Waals surface area contributed by atoms with Crippen LogP contribution in [0.1, 0.15) is 30.5 Å². The fourth-order valence-electron chi connectivity index (χ4n) is 2.97. The number of nitrogens with one attached hydrogen (secondary N) is 1. The monoisotopic (exact) mass is 347 g/mol. The van der Waals surface area contributed by atoms with E-state index in [1.807, 2.05) is 6.07 Å². The van der Waals surface area contributed by atoms with Crippen molar-refractivity contribution in [1.82, 2.24) is 15.2 Å². The zero-order valence-electron chi connectivity index (χ0n) is 15.6. The van der Waals surface area contributed by atoms with E-state index in [0.29, 0.717) is 5.95 Å². The van der Waals surface area contributed by atoms with Crippen LogP contribution >= 0.6 is 0 Å². The van der Waals surface area contributed by atoms with E-state index in [9.17, 15) is 0 Å². The highest BCUT2D eigenvalue weighted by atomic mass is 15.3. The molecule has 0 radical (unpaired) electrons. The van der Waals surface area contributed by atoms with E-state index in [1.165, 1.54) is 16.7 Å². The maximum atomic E-state index is 4.69. The molecule has 5 nitrogen and oxygen atoms in total. The van der Waals surface area contributed by atoms with Gasteiger partial charge in [0.1, 0.15) is 0 Å². The van der Waals surface area contributed by atoms with Crippen molar-refractivity contribution < 1.29 is 0 Å². The minimum Gasteiger partial charge on any atom is -0.351 e. The summed E-state index contributed by atoms with van der Waals surface area (Å²) in [6.45, 7) is 7.99. The van der Waals surface area contributed by atoms with Crippen molar-refractivity contribution in [2.45, 2.75) is 33.7 Å². The molecule has 0 aliphatic heterocycles. The van der Waals surface area contributed by atoms with E-state index in [4.69, 9.17) is 4.98 Å². The van der Waals surface area contributed by atoms with Crippen LogP contribution in [0, 0.1) is 6.92 Å². The van der Waals surface area contributed by atoms with Crippen molar-refractivity contribution in [2.75, 3.05) is 16.8 Å². The molecule has 3 aromatic rings. The van der Waals surface area contributed by atoms with Gasteiger partial charge >= 0.3 is 0 Å². The number of hydrogen-bond acceptors (Lipinski definition) is 5. The van der Waals surface area contributed by atoms with E-state index in [2.05, 4.69) is 83.6 Å². The highest BCUT2D eigenvalue weighted by Crippen LogP contribution is 2.24. The van der Waals surface area contributed by atoms with Crippen LogP contribution in [0.5, 0.6) is 0 Å². The average molecular weight is 347 g/mol. The molecule has 0 aliphatic carbocycles. The molecule has 5 heteroatoms. The average Bonchev–Trinajstić information content (AvgIpc) is 2.68. The van der Waals surface area contributed by atoms with Gasteiger partial charge in [-0.05, 0) is 37.0 Å². The molecule has 1 heterocycles. The van der Waals surface area contributed by atoms with Crippen molar-refractivity contribution in [3.05, 3.63) is 71.4 Å². The van der Waals surface area contributed by atoms with Crippen LogP contribution < -0.4 is 10.2 Å². The van der Waals surface area contributed by atoms with Crippen LogP contribution in [0.2, 0.25) is 0 Å². The lowest BCUT2D eigenvalue weighted by Gasteiger charge is -2.22. The van der Waals surface area contributed by atoms with E-state index in [1.54, 1.807) is 6.20 Å². The first-order valence-corrected chi connectivity index (χ1v) is 9.05. The van der Waals surface area contributed by atoms with Gasteiger partial charge in [-0.3, -0.25) is 0 Å². The third-order valence-electron chi connectivity index (χ3n) is 4.44. The molecule has 3 rings (SSSR count). The Morgan fingerprint density at radius 2 is 1.81 bits per heavy atom. The summed E-state index contributed by atoms with van der Waals surface area (Å²) in [4.78, 5) is 6.88. The third-order valence-corrected chi connectivity index (χ3v) is 4.44. The second-order valence-corrected chi connectivity index (χ2v) is 6.23. The summed E-state index contributed by atoms with van der Waals surface area (Å²) < 4.78 is 0. The highest BCUT2D eigenvalue weighted by molar-refractivity contribution is 5.63. The van der Waals surface area contributed by atoms with Crippen molar-refractivity contribution in [3.63, 3.8) is 0 Å². The Hall–Kier alpha value is -2.95. The summed E-state index contributed by atoms with van der Waals surface area (Å²) >= 11 is 0. The Kier molecular flexibility index (Phi) is 5.79. The summed E-state index contributed by atoms with van der Waals surface area (Å²) in [5.74, 6) is 1.35. The molecule has 0 saturated carbocycles.